The molecule has 3 aromatic rings. The summed E-state index contributed by atoms with van der Waals surface area (Å²) in [5, 5.41) is 0. The van der Waals surface area contributed by atoms with Crippen LogP contribution in [0, 0.1) is 26.7 Å². The van der Waals surface area contributed by atoms with Gasteiger partial charge in [-0.2, -0.15) is 15.0 Å². The lowest BCUT2D eigenvalue weighted by molar-refractivity contribution is 0.0734. The second kappa shape index (κ2) is 11.5. The van der Waals surface area contributed by atoms with Gasteiger partial charge >= 0.3 is 0 Å². The second-order valence-electron chi connectivity index (χ2n) is 8.04. The third-order valence-electron chi connectivity index (χ3n) is 5.78. The molecule has 0 bridgehead atoms. The topological polar surface area (TPSA) is 140 Å². The van der Waals surface area contributed by atoms with Gasteiger partial charge in [-0.05, 0) is 55.7 Å². The van der Waals surface area contributed by atoms with Gasteiger partial charge in [0.1, 0.15) is 5.92 Å². The highest BCUT2D eigenvalue weighted by atomic mass is 16.2. The zero-order valence-electron chi connectivity index (χ0n) is 20.1. The molecule has 9 heteroatoms. The van der Waals surface area contributed by atoms with Crippen LogP contribution in [0.1, 0.15) is 47.8 Å². The molecule has 0 heterocycles. The number of ketones is 3. The number of hydrogen-bond donors (Lipinski definition) is 0. The lowest BCUT2D eigenvalue weighted by atomic mass is 9.80. The molecule has 3 aromatic carbocycles. The number of isocyanates is 3. The predicted molar refractivity (Wildman–Crippen MR) is 133 cm³/mol. The number of Topliss-reactive ketones (excluding diaryl/α,β-unsaturated/α-hetero) is 3. The van der Waals surface area contributed by atoms with Gasteiger partial charge in [0, 0.05) is 16.7 Å². The van der Waals surface area contributed by atoms with Crippen LogP contribution in [0.15, 0.2) is 69.6 Å². The SMILES string of the molecule is Cc1cccc(N=C=O)c1C(=O)C(C(=O)c1c(C)cccc1N=C=O)C(=O)c1c(C)cccc1N=C=O. The largest absolute Gasteiger partial charge is 0.293 e. The van der Waals surface area contributed by atoms with Gasteiger partial charge in [0.05, 0.1) is 17.1 Å². The van der Waals surface area contributed by atoms with Gasteiger partial charge < -0.3 is 0 Å². The number of carbonyl (C=O) groups excluding carboxylic acids is 6. The van der Waals surface area contributed by atoms with Crippen LogP contribution < -0.4 is 0 Å². The molecule has 0 saturated carbocycles. The first-order chi connectivity index (χ1) is 17.8. The van der Waals surface area contributed by atoms with E-state index in [2.05, 4.69) is 15.0 Å². The summed E-state index contributed by atoms with van der Waals surface area (Å²) in [5.41, 5.74) is 0.492. The van der Waals surface area contributed by atoms with Crippen LogP contribution in [0.3, 0.4) is 0 Å². The number of benzene rings is 3. The molecule has 37 heavy (non-hydrogen) atoms. The summed E-state index contributed by atoms with van der Waals surface area (Å²) in [6, 6.07) is 13.5. The predicted octanol–water partition coefficient (Wildman–Crippen LogP) is 5.08. The lowest BCUT2D eigenvalue weighted by Crippen LogP contribution is -2.34. The molecule has 0 aliphatic carbocycles. The van der Waals surface area contributed by atoms with Crippen LogP contribution in [0.4, 0.5) is 17.1 Å². The van der Waals surface area contributed by atoms with Crippen LogP contribution in [-0.4, -0.2) is 35.6 Å². The Hall–Kier alpha value is -5.19. The minimum absolute atomic E-state index is 0.0718. The van der Waals surface area contributed by atoms with Crippen molar-refractivity contribution < 1.29 is 28.8 Å². The smallest absolute Gasteiger partial charge is 0.240 e. The molecule has 3 rings (SSSR count). The normalized spacial score (nSPS) is 10.8. The number of aryl methyl sites for hydroxylation is 3. The number of hydrogen-bond acceptors (Lipinski definition) is 9. The number of nitrogens with zero attached hydrogens (tertiary/aromatic N) is 3. The van der Waals surface area contributed by atoms with E-state index in [4.69, 9.17) is 0 Å². The highest BCUT2D eigenvalue weighted by Gasteiger charge is 2.40. The van der Waals surface area contributed by atoms with Crippen LogP contribution in [0.5, 0.6) is 0 Å². The number of aliphatic imine (C=N–C) groups is 3. The van der Waals surface area contributed by atoms with Crippen LogP contribution in [-0.2, 0) is 14.4 Å². The third kappa shape index (κ3) is 5.25. The van der Waals surface area contributed by atoms with Crippen molar-refractivity contribution >= 4 is 52.7 Å². The molecule has 0 aliphatic heterocycles. The Bertz CT molecular complexity index is 1400. The van der Waals surface area contributed by atoms with Crippen molar-refractivity contribution in [1.29, 1.82) is 0 Å². The first-order valence-electron chi connectivity index (χ1n) is 10.9. The maximum atomic E-state index is 14.0. The molecule has 9 nitrogen and oxygen atoms in total. The second-order valence-corrected chi connectivity index (χ2v) is 8.04. The Labute approximate surface area is 211 Å². The van der Waals surface area contributed by atoms with Crippen molar-refractivity contribution in [2.45, 2.75) is 20.8 Å². The average Bonchev–Trinajstić information content (AvgIpc) is 2.85. The Morgan fingerprint density at radius 1 is 0.541 bits per heavy atom. The fourth-order valence-electron chi connectivity index (χ4n) is 4.14. The molecule has 0 fully saturated rings. The molecular weight excluding hydrogens is 474 g/mol. The van der Waals surface area contributed by atoms with Crippen molar-refractivity contribution in [1.82, 2.24) is 0 Å². The zero-order chi connectivity index (χ0) is 27.1. The number of carbonyl (C=O) groups is 3. The van der Waals surface area contributed by atoms with Gasteiger partial charge in [-0.3, -0.25) is 14.4 Å². The first-order valence-corrected chi connectivity index (χ1v) is 10.9. The molecule has 0 aromatic heterocycles. The average molecular weight is 493 g/mol. The maximum Gasteiger partial charge on any atom is 0.240 e. The van der Waals surface area contributed by atoms with Crippen LogP contribution >= 0.6 is 0 Å². The monoisotopic (exact) mass is 493 g/mol. The summed E-state index contributed by atoms with van der Waals surface area (Å²) in [5.74, 6) is -4.79. The van der Waals surface area contributed by atoms with Crippen molar-refractivity contribution in [2.24, 2.45) is 20.9 Å². The summed E-state index contributed by atoms with van der Waals surface area (Å²) in [6.45, 7) is 4.69. The summed E-state index contributed by atoms with van der Waals surface area (Å²) >= 11 is 0. The molecule has 0 unspecified atom stereocenters. The molecular formula is C28H19N3O6. The van der Waals surface area contributed by atoms with E-state index in [9.17, 15) is 28.8 Å². The van der Waals surface area contributed by atoms with E-state index in [1.54, 1.807) is 57.2 Å². The molecule has 0 saturated heterocycles. The molecule has 0 atom stereocenters. The quantitative estimate of drug-likeness (QED) is 0.176. The van der Waals surface area contributed by atoms with Gasteiger partial charge in [-0.25, -0.2) is 14.4 Å². The Morgan fingerprint density at radius 3 is 1.05 bits per heavy atom. The zero-order valence-corrected chi connectivity index (χ0v) is 20.1. The van der Waals surface area contributed by atoms with Gasteiger partial charge in [-0.15, -0.1) is 0 Å². The van der Waals surface area contributed by atoms with Crippen LogP contribution in [0.2, 0.25) is 0 Å². The Balaban J connectivity index is 2.37. The van der Waals surface area contributed by atoms with E-state index in [0.717, 1.165) is 0 Å². The van der Waals surface area contributed by atoms with Crippen molar-refractivity contribution in [3.63, 3.8) is 0 Å². The summed E-state index contributed by atoms with van der Waals surface area (Å²) in [6.07, 6.45) is 4.12. The summed E-state index contributed by atoms with van der Waals surface area (Å²) in [4.78, 5) is 85.8. The fourth-order valence-corrected chi connectivity index (χ4v) is 4.14. The summed E-state index contributed by atoms with van der Waals surface area (Å²) in [7, 11) is 0. The number of rotatable bonds is 9. The molecule has 0 N–H and O–H groups in total. The standard InChI is InChI=1S/C28H19N3O6/c1-16-7-4-10-19(29-13-32)22(16)26(35)25(27(36)23-17(2)8-5-11-20(23)30-14-33)28(37)24-18(3)9-6-12-21(24)31-15-34/h4-12,25H,1-3H3. The van der Waals surface area contributed by atoms with Crippen LogP contribution in [0.25, 0.3) is 0 Å². The minimum Gasteiger partial charge on any atom is -0.293 e. The molecule has 182 valence electrons. The molecule has 0 spiro atoms. The maximum absolute atomic E-state index is 14.0. The van der Waals surface area contributed by atoms with E-state index < -0.39 is 23.3 Å². The molecule has 0 radical (unpaired) electrons. The van der Waals surface area contributed by atoms with Gasteiger partial charge in [0.15, 0.2) is 17.3 Å². The van der Waals surface area contributed by atoms with E-state index in [1.165, 1.54) is 36.4 Å². The van der Waals surface area contributed by atoms with E-state index >= 15 is 0 Å². The van der Waals surface area contributed by atoms with Gasteiger partial charge in [0.25, 0.3) is 0 Å². The lowest BCUT2D eigenvalue weighted by Gasteiger charge is -2.19. The Morgan fingerprint density at radius 2 is 0.811 bits per heavy atom. The van der Waals surface area contributed by atoms with Crippen molar-refractivity contribution in [3.8, 4) is 0 Å². The highest BCUT2D eigenvalue weighted by Crippen LogP contribution is 2.34. The van der Waals surface area contributed by atoms with Crippen molar-refractivity contribution in [2.75, 3.05) is 0 Å². The van der Waals surface area contributed by atoms with Gasteiger partial charge in [0.2, 0.25) is 18.2 Å². The Kier molecular flexibility index (Phi) is 8.20. The minimum atomic E-state index is -1.98. The van der Waals surface area contributed by atoms with E-state index in [1.807, 2.05) is 0 Å². The molecule has 0 amide bonds. The fraction of sp³-hybridized carbons (Fsp3) is 0.143. The van der Waals surface area contributed by atoms with Gasteiger partial charge in [-0.1, -0.05) is 36.4 Å². The van der Waals surface area contributed by atoms with E-state index in [-0.39, 0.29) is 33.8 Å². The van der Waals surface area contributed by atoms with Crippen molar-refractivity contribution in [3.05, 3.63) is 88.0 Å². The highest BCUT2D eigenvalue weighted by molar-refractivity contribution is 6.34. The van der Waals surface area contributed by atoms with E-state index in [0.29, 0.717) is 16.7 Å². The summed E-state index contributed by atoms with van der Waals surface area (Å²) < 4.78 is 0. The first kappa shape index (κ1) is 26.4. The molecule has 0 aliphatic rings. The third-order valence-corrected chi connectivity index (χ3v) is 5.78.